The minimum atomic E-state index is -3.75. The molecule has 0 radical (unpaired) electrons. The highest BCUT2D eigenvalue weighted by atomic mass is 32.2. The minimum absolute atomic E-state index is 0.00407. The van der Waals surface area contributed by atoms with Crippen LogP contribution in [0.15, 0.2) is 83.8 Å². The lowest BCUT2D eigenvalue weighted by Gasteiger charge is -2.11. The number of carbonyl (C=O) groups excluding carboxylic acids is 1. The summed E-state index contributed by atoms with van der Waals surface area (Å²) in [5.74, 6) is 0.674. The normalized spacial score (nSPS) is 11.0. The van der Waals surface area contributed by atoms with Gasteiger partial charge < -0.3 is 14.2 Å². The predicted octanol–water partition coefficient (Wildman–Crippen LogP) is 3.15. The van der Waals surface area contributed by atoms with Crippen LogP contribution in [0.4, 0.5) is 0 Å². The lowest BCUT2D eigenvalue weighted by Crippen LogP contribution is -2.15. The molecule has 8 heteroatoms. The molecule has 0 bridgehead atoms. The van der Waals surface area contributed by atoms with E-state index in [4.69, 9.17) is 19.3 Å². The zero-order valence-electron chi connectivity index (χ0n) is 16.1. The van der Waals surface area contributed by atoms with Gasteiger partial charge in [-0.1, -0.05) is 36.4 Å². The number of nitrogens with two attached hydrogens (primary N) is 1. The topological polar surface area (TPSA) is 105 Å². The first-order valence-electron chi connectivity index (χ1n) is 9.12. The molecule has 0 amide bonds. The number of esters is 1. The zero-order valence-corrected chi connectivity index (χ0v) is 16.9. The summed E-state index contributed by atoms with van der Waals surface area (Å²) >= 11 is 0. The van der Waals surface area contributed by atoms with Gasteiger partial charge in [0.15, 0.2) is 0 Å². The molecular formula is C22H21NO6S. The van der Waals surface area contributed by atoms with Crippen molar-refractivity contribution >= 4 is 16.0 Å². The van der Waals surface area contributed by atoms with Gasteiger partial charge in [0.1, 0.15) is 31.3 Å². The first-order valence-corrected chi connectivity index (χ1v) is 10.7. The third-order valence-corrected chi connectivity index (χ3v) is 5.04. The number of para-hydroxylation sites is 1. The molecule has 3 aromatic carbocycles. The molecule has 2 N–H and O–H groups in total. The molecule has 0 aliphatic heterocycles. The van der Waals surface area contributed by atoms with Crippen LogP contribution in [0.25, 0.3) is 0 Å². The van der Waals surface area contributed by atoms with Gasteiger partial charge in [0.25, 0.3) is 0 Å². The molecule has 0 aliphatic rings. The van der Waals surface area contributed by atoms with Gasteiger partial charge in [0.2, 0.25) is 10.0 Å². The average Bonchev–Trinajstić information content (AvgIpc) is 2.76. The van der Waals surface area contributed by atoms with Crippen LogP contribution < -0.4 is 14.6 Å². The quantitative estimate of drug-likeness (QED) is 0.415. The molecule has 0 aliphatic carbocycles. The molecule has 0 heterocycles. The molecule has 30 heavy (non-hydrogen) atoms. The molecule has 0 spiro atoms. The van der Waals surface area contributed by atoms with Crippen LogP contribution in [-0.2, 0) is 21.4 Å². The number of hydrogen-bond donors (Lipinski definition) is 1. The van der Waals surface area contributed by atoms with E-state index in [1.165, 1.54) is 24.3 Å². The van der Waals surface area contributed by atoms with Crippen molar-refractivity contribution in [1.29, 1.82) is 0 Å². The molecule has 0 atom stereocenters. The maximum atomic E-state index is 12.4. The first-order chi connectivity index (χ1) is 14.4. The number of primary sulfonamides is 1. The third-order valence-electron chi connectivity index (χ3n) is 4.11. The average molecular weight is 427 g/mol. The predicted molar refractivity (Wildman–Crippen MR) is 111 cm³/mol. The van der Waals surface area contributed by atoms with E-state index in [1.54, 1.807) is 12.1 Å². The summed E-state index contributed by atoms with van der Waals surface area (Å²) in [4.78, 5) is 12.4. The Labute approximate surface area is 175 Å². The number of benzene rings is 3. The molecule has 3 rings (SSSR count). The summed E-state index contributed by atoms with van der Waals surface area (Å²) in [5, 5.41) is 5.05. The van der Waals surface area contributed by atoms with Crippen molar-refractivity contribution in [1.82, 2.24) is 0 Å². The third kappa shape index (κ3) is 6.07. The maximum Gasteiger partial charge on any atom is 0.338 e. The number of sulfonamides is 1. The Balaban J connectivity index is 1.50. The van der Waals surface area contributed by atoms with Gasteiger partial charge in [-0.15, -0.1) is 0 Å². The fraction of sp³-hybridized carbons (Fsp3) is 0.136. The van der Waals surface area contributed by atoms with Crippen LogP contribution >= 0.6 is 0 Å². The molecule has 3 aromatic rings. The SMILES string of the molecule is NS(=O)(=O)c1ccc(OCCOC(=O)c2ccccc2COc2ccccc2)cc1. The number of rotatable bonds is 9. The molecule has 156 valence electrons. The fourth-order valence-corrected chi connectivity index (χ4v) is 3.14. The highest BCUT2D eigenvalue weighted by molar-refractivity contribution is 7.89. The van der Waals surface area contributed by atoms with E-state index in [-0.39, 0.29) is 24.7 Å². The van der Waals surface area contributed by atoms with Crippen LogP contribution in [0.3, 0.4) is 0 Å². The zero-order chi connectivity index (χ0) is 21.4. The minimum Gasteiger partial charge on any atom is -0.490 e. The van der Waals surface area contributed by atoms with Crippen molar-refractivity contribution in [3.63, 3.8) is 0 Å². The van der Waals surface area contributed by atoms with Gasteiger partial charge in [0, 0.05) is 5.56 Å². The largest absolute Gasteiger partial charge is 0.490 e. The highest BCUT2D eigenvalue weighted by Crippen LogP contribution is 2.17. The molecular weight excluding hydrogens is 406 g/mol. The van der Waals surface area contributed by atoms with Crippen molar-refractivity contribution < 1.29 is 27.4 Å². The van der Waals surface area contributed by atoms with Gasteiger partial charge in [-0.05, 0) is 42.5 Å². The van der Waals surface area contributed by atoms with E-state index in [9.17, 15) is 13.2 Å². The Hall–Kier alpha value is -3.36. The van der Waals surface area contributed by atoms with E-state index < -0.39 is 16.0 Å². The van der Waals surface area contributed by atoms with Crippen LogP contribution in [-0.4, -0.2) is 27.6 Å². The Morgan fingerprint density at radius 1 is 0.767 bits per heavy atom. The van der Waals surface area contributed by atoms with Crippen molar-refractivity contribution in [3.8, 4) is 11.5 Å². The van der Waals surface area contributed by atoms with Gasteiger partial charge in [-0.25, -0.2) is 18.4 Å². The molecule has 0 fully saturated rings. The maximum absolute atomic E-state index is 12.4. The second kappa shape index (κ2) is 9.91. The number of ether oxygens (including phenoxy) is 3. The molecule has 0 unspecified atom stereocenters. The summed E-state index contributed by atoms with van der Waals surface area (Å²) in [6, 6.07) is 22.1. The summed E-state index contributed by atoms with van der Waals surface area (Å²) in [7, 11) is -3.75. The van der Waals surface area contributed by atoms with Gasteiger partial charge in [0.05, 0.1) is 10.5 Å². The van der Waals surface area contributed by atoms with Crippen LogP contribution in [0, 0.1) is 0 Å². The first kappa shape index (κ1) is 21.4. The molecule has 0 aromatic heterocycles. The molecule has 0 saturated carbocycles. The second-order valence-electron chi connectivity index (χ2n) is 6.26. The summed E-state index contributed by atoms with van der Waals surface area (Å²) in [6.45, 7) is 0.384. The summed E-state index contributed by atoms with van der Waals surface area (Å²) < 4.78 is 38.9. The van der Waals surface area contributed by atoms with Crippen LogP contribution in [0.2, 0.25) is 0 Å². The van der Waals surface area contributed by atoms with E-state index in [2.05, 4.69) is 0 Å². The number of carbonyl (C=O) groups is 1. The van der Waals surface area contributed by atoms with E-state index in [1.807, 2.05) is 42.5 Å². The van der Waals surface area contributed by atoms with Gasteiger partial charge in [-0.3, -0.25) is 0 Å². The van der Waals surface area contributed by atoms with Crippen LogP contribution in [0.1, 0.15) is 15.9 Å². The Morgan fingerprint density at radius 3 is 2.10 bits per heavy atom. The Bertz CT molecular complexity index is 1080. The molecule has 7 nitrogen and oxygen atoms in total. The van der Waals surface area contributed by atoms with Crippen molar-refractivity contribution in [3.05, 3.63) is 90.0 Å². The summed E-state index contributed by atoms with van der Waals surface area (Å²) in [5.41, 5.74) is 1.14. The van der Waals surface area contributed by atoms with Gasteiger partial charge in [-0.2, -0.15) is 0 Å². The van der Waals surface area contributed by atoms with Crippen molar-refractivity contribution in [2.24, 2.45) is 5.14 Å². The standard InChI is InChI=1S/C22H21NO6S/c23-30(25,26)20-12-10-19(11-13-20)27-14-15-28-22(24)21-9-5-4-6-17(21)16-29-18-7-2-1-3-8-18/h1-13H,14-16H2,(H2,23,25,26). The van der Waals surface area contributed by atoms with E-state index in [0.29, 0.717) is 22.6 Å². The monoisotopic (exact) mass is 427 g/mol. The highest BCUT2D eigenvalue weighted by Gasteiger charge is 2.13. The smallest absolute Gasteiger partial charge is 0.338 e. The summed E-state index contributed by atoms with van der Waals surface area (Å²) in [6.07, 6.45) is 0. The number of hydrogen-bond acceptors (Lipinski definition) is 6. The van der Waals surface area contributed by atoms with Crippen LogP contribution in [0.5, 0.6) is 11.5 Å². The second-order valence-corrected chi connectivity index (χ2v) is 7.82. The lowest BCUT2D eigenvalue weighted by molar-refractivity contribution is 0.0447. The Morgan fingerprint density at radius 2 is 1.40 bits per heavy atom. The molecule has 0 saturated heterocycles. The van der Waals surface area contributed by atoms with Gasteiger partial charge >= 0.3 is 5.97 Å². The van der Waals surface area contributed by atoms with Crippen molar-refractivity contribution in [2.75, 3.05) is 13.2 Å². The van der Waals surface area contributed by atoms with Crippen molar-refractivity contribution in [2.45, 2.75) is 11.5 Å². The lowest BCUT2D eigenvalue weighted by atomic mass is 10.1. The Kier molecular flexibility index (Phi) is 7.05. The fourth-order valence-electron chi connectivity index (χ4n) is 2.62. The van der Waals surface area contributed by atoms with E-state index >= 15 is 0 Å². The van der Waals surface area contributed by atoms with E-state index in [0.717, 1.165) is 0 Å².